The van der Waals surface area contributed by atoms with Crippen molar-refractivity contribution in [3.63, 3.8) is 0 Å². The molecule has 1 aliphatic heterocycles. The number of hydrogen-bond donors (Lipinski definition) is 2. The van der Waals surface area contributed by atoms with E-state index in [-0.39, 0.29) is 11.5 Å². The van der Waals surface area contributed by atoms with Crippen molar-refractivity contribution in [1.29, 1.82) is 0 Å². The van der Waals surface area contributed by atoms with Crippen molar-refractivity contribution in [3.8, 4) is 0 Å². The fourth-order valence-corrected chi connectivity index (χ4v) is 2.90. The molecule has 0 saturated carbocycles. The number of benzene rings is 1. The lowest BCUT2D eigenvalue weighted by molar-refractivity contribution is 0.241. The summed E-state index contributed by atoms with van der Waals surface area (Å²) in [6, 6.07) is 6.50. The first kappa shape index (κ1) is 13.8. The van der Waals surface area contributed by atoms with Crippen LogP contribution < -0.4 is 11.3 Å². The first-order valence-corrected chi connectivity index (χ1v) is 7.19. The molecule has 0 aliphatic carbocycles. The van der Waals surface area contributed by atoms with Gasteiger partial charge in [0, 0.05) is 26.1 Å². The molecule has 110 valence electrons. The molecule has 1 aliphatic rings. The third kappa shape index (κ3) is 2.83. The molecule has 5 heteroatoms. The van der Waals surface area contributed by atoms with Crippen LogP contribution in [0.1, 0.15) is 27.9 Å². The van der Waals surface area contributed by atoms with Gasteiger partial charge in [-0.15, -0.1) is 0 Å². The number of aromatic nitrogens is 2. The molecule has 0 bridgehead atoms. The number of nitrogens with zero attached hydrogens (tertiary/aromatic N) is 2. The van der Waals surface area contributed by atoms with Gasteiger partial charge in [-0.3, -0.25) is 14.7 Å². The van der Waals surface area contributed by atoms with Gasteiger partial charge in [-0.1, -0.05) is 23.8 Å². The monoisotopic (exact) mass is 284 g/mol. The SMILES string of the molecule is Cc1ccc(CN2CCc3nc(N)[nH]c(=O)c3C2)c(C)c1. The van der Waals surface area contributed by atoms with E-state index in [1.165, 1.54) is 16.7 Å². The Morgan fingerprint density at radius 1 is 1.38 bits per heavy atom. The Morgan fingerprint density at radius 2 is 2.19 bits per heavy atom. The topological polar surface area (TPSA) is 75.0 Å². The molecule has 0 saturated heterocycles. The average Bonchev–Trinajstić information content (AvgIpc) is 2.42. The minimum atomic E-state index is -0.108. The zero-order valence-electron chi connectivity index (χ0n) is 12.4. The van der Waals surface area contributed by atoms with Gasteiger partial charge in [0.2, 0.25) is 5.95 Å². The number of fused-ring (bicyclic) bond motifs is 1. The zero-order chi connectivity index (χ0) is 15.0. The average molecular weight is 284 g/mol. The van der Waals surface area contributed by atoms with Crippen LogP contribution in [0, 0.1) is 13.8 Å². The van der Waals surface area contributed by atoms with Gasteiger partial charge < -0.3 is 5.73 Å². The number of nitrogen functional groups attached to an aromatic ring is 1. The molecule has 3 rings (SSSR count). The number of aromatic amines is 1. The lowest BCUT2D eigenvalue weighted by Gasteiger charge is -2.28. The Bertz CT molecular complexity index is 736. The van der Waals surface area contributed by atoms with Crippen molar-refractivity contribution in [2.75, 3.05) is 12.3 Å². The molecule has 0 amide bonds. The summed E-state index contributed by atoms with van der Waals surface area (Å²) in [6.45, 7) is 6.62. The number of aryl methyl sites for hydroxylation is 2. The van der Waals surface area contributed by atoms with Gasteiger partial charge in [0.05, 0.1) is 11.3 Å². The minimum Gasteiger partial charge on any atom is -0.369 e. The molecular weight excluding hydrogens is 264 g/mol. The van der Waals surface area contributed by atoms with Crippen molar-refractivity contribution >= 4 is 5.95 Å². The van der Waals surface area contributed by atoms with E-state index in [1.807, 2.05) is 0 Å². The van der Waals surface area contributed by atoms with Crippen molar-refractivity contribution in [2.24, 2.45) is 0 Å². The summed E-state index contributed by atoms with van der Waals surface area (Å²) in [4.78, 5) is 21.1. The van der Waals surface area contributed by atoms with Crippen LogP contribution in [0.4, 0.5) is 5.95 Å². The van der Waals surface area contributed by atoms with Crippen LogP contribution in [-0.4, -0.2) is 21.4 Å². The highest BCUT2D eigenvalue weighted by Gasteiger charge is 2.21. The van der Waals surface area contributed by atoms with Gasteiger partial charge in [-0.25, -0.2) is 4.98 Å². The Hall–Kier alpha value is -2.14. The van der Waals surface area contributed by atoms with Crippen LogP contribution in [0.3, 0.4) is 0 Å². The molecule has 0 radical (unpaired) electrons. The lowest BCUT2D eigenvalue weighted by atomic mass is 10.0. The highest BCUT2D eigenvalue weighted by molar-refractivity contribution is 5.31. The number of nitrogens with one attached hydrogen (secondary N) is 1. The van der Waals surface area contributed by atoms with E-state index < -0.39 is 0 Å². The first-order valence-electron chi connectivity index (χ1n) is 7.19. The van der Waals surface area contributed by atoms with Crippen LogP contribution in [0.2, 0.25) is 0 Å². The van der Waals surface area contributed by atoms with Gasteiger partial charge in [-0.05, 0) is 25.0 Å². The second-order valence-corrected chi connectivity index (χ2v) is 5.77. The quantitative estimate of drug-likeness (QED) is 0.877. The van der Waals surface area contributed by atoms with Gasteiger partial charge in [0.25, 0.3) is 5.56 Å². The predicted octanol–water partition coefficient (Wildman–Crippen LogP) is 1.53. The highest BCUT2D eigenvalue weighted by atomic mass is 16.1. The normalized spacial score (nSPS) is 15.0. The molecule has 0 unspecified atom stereocenters. The van der Waals surface area contributed by atoms with E-state index in [1.54, 1.807) is 0 Å². The molecule has 1 aromatic carbocycles. The van der Waals surface area contributed by atoms with Gasteiger partial charge in [0.1, 0.15) is 0 Å². The fourth-order valence-electron chi connectivity index (χ4n) is 2.90. The molecule has 0 atom stereocenters. The third-order valence-corrected chi connectivity index (χ3v) is 4.06. The standard InChI is InChI=1S/C16H20N4O/c1-10-3-4-12(11(2)7-10)8-20-6-5-14-13(9-20)15(21)19-16(17)18-14/h3-4,7H,5-6,8-9H2,1-2H3,(H3,17,18,19,21). The summed E-state index contributed by atoms with van der Waals surface area (Å²) in [7, 11) is 0. The molecule has 2 heterocycles. The summed E-state index contributed by atoms with van der Waals surface area (Å²) in [5.41, 5.74) is 11.0. The summed E-state index contributed by atoms with van der Waals surface area (Å²) in [5, 5.41) is 0. The van der Waals surface area contributed by atoms with Crippen LogP contribution in [0.25, 0.3) is 0 Å². The number of rotatable bonds is 2. The molecule has 0 spiro atoms. The zero-order valence-corrected chi connectivity index (χ0v) is 12.4. The molecule has 5 nitrogen and oxygen atoms in total. The molecule has 2 aromatic rings. The van der Waals surface area contributed by atoms with Crippen molar-refractivity contribution in [3.05, 3.63) is 56.5 Å². The minimum absolute atomic E-state index is 0.108. The van der Waals surface area contributed by atoms with Gasteiger partial charge in [0.15, 0.2) is 0 Å². The predicted molar refractivity (Wildman–Crippen MR) is 83.0 cm³/mol. The molecular formula is C16H20N4O. The number of anilines is 1. The van der Waals surface area contributed by atoms with Crippen LogP contribution >= 0.6 is 0 Å². The van der Waals surface area contributed by atoms with Crippen LogP contribution in [0.15, 0.2) is 23.0 Å². The Kier molecular flexibility index (Phi) is 3.51. The number of H-pyrrole nitrogens is 1. The summed E-state index contributed by atoms with van der Waals surface area (Å²) in [5.74, 6) is 0.210. The summed E-state index contributed by atoms with van der Waals surface area (Å²) < 4.78 is 0. The molecule has 1 aromatic heterocycles. The summed E-state index contributed by atoms with van der Waals surface area (Å²) >= 11 is 0. The Balaban J connectivity index is 1.82. The van der Waals surface area contributed by atoms with Gasteiger partial charge in [-0.2, -0.15) is 0 Å². The molecule has 21 heavy (non-hydrogen) atoms. The van der Waals surface area contributed by atoms with Crippen LogP contribution in [-0.2, 0) is 19.5 Å². The summed E-state index contributed by atoms with van der Waals surface area (Å²) in [6.07, 6.45) is 0.772. The van der Waals surface area contributed by atoms with Crippen LogP contribution in [0.5, 0.6) is 0 Å². The van der Waals surface area contributed by atoms with E-state index >= 15 is 0 Å². The van der Waals surface area contributed by atoms with E-state index in [4.69, 9.17) is 5.73 Å². The van der Waals surface area contributed by atoms with E-state index in [0.717, 1.165) is 30.8 Å². The van der Waals surface area contributed by atoms with E-state index in [9.17, 15) is 4.79 Å². The largest absolute Gasteiger partial charge is 0.369 e. The molecule has 0 fully saturated rings. The number of hydrogen-bond acceptors (Lipinski definition) is 4. The third-order valence-electron chi connectivity index (χ3n) is 4.06. The second-order valence-electron chi connectivity index (χ2n) is 5.77. The van der Waals surface area contributed by atoms with Crippen molar-refractivity contribution < 1.29 is 0 Å². The van der Waals surface area contributed by atoms with Crippen molar-refractivity contribution in [1.82, 2.24) is 14.9 Å². The Morgan fingerprint density at radius 3 is 2.95 bits per heavy atom. The smallest absolute Gasteiger partial charge is 0.257 e. The second kappa shape index (κ2) is 5.33. The first-order chi connectivity index (χ1) is 10.0. The lowest BCUT2D eigenvalue weighted by Crippen LogP contribution is -2.35. The Labute approximate surface area is 123 Å². The van der Waals surface area contributed by atoms with E-state index in [2.05, 4.69) is 46.9 Å². The maximum atomic E-state index is 12.0. The van der Waals surface area contributed by atoms with Gasteiger partial charge >= 0.3 is 0 Å². The highest BCUT2D eigenvalue weighted by Crippen LogP contribution is 2.19. The number of nitrogens with two attached hydrogens (primary N) is 1. The van der Waals surface area contributed by atoms with Crippen molar-refractivity contribution in [2.45, 2.75) is 33.4 Å². The maximum Gasteiger partial charge on any atom is 0.257 e. The fraction of sp³-hybridized carbons (Fsp3) is 0.375. The molecule has 3 N–H and O–H groups in total. The maximum absolute atomic E-state index is 12.0. The van der Waals surface area contributed by atoms with E-state index in [0.29, 0.717) is 6.54 Å².